The van der Waals surface area contributed by atoms with Crippen LogP contribution in [-0.2, 0) is 11.2 Å². The Morgan fingerprint density at radius 3 is 2.50 bits per heavy atom. The van der Waals surface area contributed by atoms with Crippen molar-refractivity contribution < 1.29 is 18.0 Å². The number of rotatable bonds is 2. The number of likely N-dealkylation sites (tertiary alicyclic amines) is 1. The van der Waals surface area contributed by atoms with E-state index in [1.165, 1.54) is 0 Å². The fourth-order valence-corrected chi connectivity index (χ4v) is 2.31. The third-order valence-corrected chi connectivity index (χ3v) is 3.18. The van der Waals surface area contributed by atoms with E-state index in [4.69, 9.17) is 0 Å². The number of alkyl halides is 3. The Labute approximate surface area is 103 Å². The van der Waals surface area contributed by atoms with Crippen LogP contribution < -0.4 is 0 Å². The van der Waals surface area contributed by atoms with E-state index in [9.17, 15) is 18.0 Å². The van der Waals surface area contributed by atoms with Gasteiger partial charge in [0.2, 0.25) is 0 Å². The number of piperidine rings is 1. The van der Waals surface area contributed by atoms with Gasteiger partial charge in [-0.2, -0.15) is 13.2 Å². The van der Waals surface area contributed by atoms with Gasteiger partial charge in [0.25, 0.3) is 0 Å². The maximum Gasteiger partial charge on any atom is 0.460 e. The predicted octanol–water partition coefficient (Wildman–Crippen LogP) is 2.78. The third kappa shape index (κ3) is 3.10. The minimum atomic E-state index is -4.36. The molecule has 0 saturated carbocycles. The first-order valence-electron chi connectivity index (χ1n) is 5.86. The van der Waals surface area contributed by atoms with Crippen LogP contribution in [0.15, 0.2) is 30.3 Å². The van der Waals surface area contributed by atoms with E-state index in [1.807, 2.05) is 6.07 Å². The van der Waals surface area contributed by atoms with Crippen molar-refractivity contribution in [1.29, 1.82) is 0 Å². The summed E-state index contributed by atoms with van der Waals surface area (Å²) in [5, 5.41) is 0. The lowest BCUT2D eigenvalue weighted by Crippen LogP contribution is -2.51. The molecule has 1 aromatic rings. The van der Waals surface area contributed by atoms with Gasteiger partial charge in [-0.3, -0.25) is 4.79 Å². The molecule has 0 amide bonds. The van der Waals surface area contributed by atoms with Crippen LogP contribution in [0.3, 0.4) is 0 Å². The van der Waals surface area contributed by atoms with Crippen LogP contribution >= 0.6 is 0 Å². The summed E-state index contributed by atoms with van der Waals surface area (Å²) in [5.74, 6) is -0.0866. The lowest BCUT2D eigenvalue weighted by Gasteiger charge is -2.36. The molecule has 1 atom stereocenters. The molecule has 18 heavy (non-hydrogen) atoms. The summed E-state index contributed by atoms with van der Waals surface area (Å²) >= 11 is 0. The first-order chi connectivity index (χ1) is 8.47. The van der Waals surface area contributed by atoms with Crippen LogP contribution in [0.2, 0.25) is 0 Å². The van der Waals surface area contributed by atoms with Gasteiger partial charge in [-0.1, -0.05) is 30.3 Å². The number of ketones is 1. The number of hydrogen-bond donors (Lipinski definition) is 0. The maximum atomic E-state index is 12.8. The van der Waals surface area contributed by atoms with Gasteiger partial charge in [-0.15, -0.1) is 0 Å². The SMILES string of the molecule is O=C1CCN(C(F)(F)F)C(Cc2ccccc2)C1. The molecule has 0 bridgehead atoms. The third-order valence-electron chi connectivity index (χ3n) is 3.18. The molecule has 0 radical (unpaired) electrons. The molecule has 0 aromatic heterocycles. The minimum absolute atomic E-state index is 0.00913. The van der Waals surface area contributed by atoms with Crippen molar-refractivity contribution in [2.75, 3.05) is 6.54 Å². The van der Waals surface area contributed by atoms with Gasteiger partial charge in [-0.05, 0) is 12.0 Å². The summed E-state index contributed by atoms with van der Waals surface area (Å²) in [6, 6.07) is 8.20. The van der Waals surface area contributed by atoms with Crippen LogP contribution in [-0.4, -0.2) is 29.6 Å². The largest absolute Gasteiger partial charge is 0.460 e. The van der Waals surface area contributed by atoms with Crippen LogP contribution in [0.4, 0.5) is 13.2 Å². The van der Waals surface area contributed by atoms with E-state index in [-0.39, 0.29) is 31.6 Å². The Kier molecular flexibility index (Phi) is 3.71. The van der Waals surface area contributed by atoms with Crippen molar-refractivity contribution in [2.45, 2.75) is 31.6 Å². The average Bonchev–Trinajstić information content (AvgIpc) is 2.28. The van der Waals surface area contributed by atoms with E-state index < -0.39 is 12.3 Å². The van der Waals surface area contributed by atoms with Crippen molar-refractivity contribution in [1.82, 2.24) is 4.90 Å². The molecule has 1 aromatic carbocycles. The summed E-state index contributed by atoms with van der Waals surface area (Å²) in [7, 11) is 0. The zero-order chi connectivity index (χ0) is 13.2. The second-order valence-electron chi connectivity index (χ2n) is 4.50. The highest BCUT2D eigenvalue weighted by Gasteiger charge is 2.44. The van der Waals surface area contributed by atoms with E-state index in [2.05, 4.69) is 0 Å². The van der Waals surface area contributed by atoms with Gasteiger partial charge in [-0.25, -0.2) is 4.90 Å². The number of carbonyl (C=O) groups excluding carboxylic acids is 1. The van der Waals surface area contributed by atoms with Crippen molar-refractivity contribution in [3.05, 3.63) is 35.9 Å². The van der Waals surface area contributed by atoms with E-state index in [0.717, 1.165) is 5.56 Å². The van der Waals surface area contributed by atoms with Crippen molar-refractivity contribution in [2.24, 2.45) is 0 Å². The molecular weight excluding hydrogens is 243 g/mol. The molecule has 1 saturated heterocycles. The summed E-state index contributed by atoms with van der Waals surface area (Å²) in [6.07, 6.45) is -4.13. The molecule has 98 valence electrons. The highest BCUT2D eigenvalue weighted by atomic mass is 19.4. The Morgan fingerprint density at radius 1 is 1.22 bits per heavy atom. The monoisotopic (exact) mass is 257 g/mol. The standard InChI is InChI=1S/C13H14F3NO/c14-13(15,16)17-7-6-12(18)9-11(17)8-10-4-2-1-3-5-10/h1-5,11H,6-9H2. The second kappa shape index (κ2) is 5.10. The smallest absolute Gasteiger partial charge is 0.300 e. The van der Waals surface area contributed by atoms with E-state index in [0.29, 0.717) is 4.90 Å². The molecule has 2 rings (SSSR count). The zero-order valence-corrected chi connectivity index (χ0v) is 9.78. The molecule has 1 aliphatic heterocycles. The number of hydrogen-bond acceptors (Lipinski definition) is 2. The molecule has 1 heterocycles. The summed E-state index contributed by atoms with van der Waals surface area (Å²) in [5.41, 5.74) is 0.825. The first kappa shape index (κ1) is 13.1. The fourth-order valence-electron chi connectivity index (χ4n) is 2.31. The molecule has 1 fully saturated rings. The van der Waals surface area contributed by atoms with Crippen LogP contribution in [0.5, 0.6) is 0 Å². The Morgan fingerprint density at radius 2 is 1.89 bits per heavy atom. The van der Waals surface area contributed by atoms with E-state index in [1.54, 1.807) is 24.3 Å². The normalized spacial score (nSPS) is 22.2. The van der Waals surface area contributed by atoms with Crippen LogP contribution in [0, 0.1) is 0 Å². The van der Waals surface area contributed by atoms with Gasteiger partial charge < -0.3 is 0 Å². The van der Waals surface area contributed by atoms with Gasteiger partial charge >= 0.3 is 6.30 Å². The van der Waals surface area contributed by atoms with Crippen LogP contribution in [0.25, 0.3) is 0 Å². The van der Waals surface area contributed by atoms with Crippen molar-refractivity contribution >= 4 is 5.78 Å². The van der Waals surface area contributed by atoms with Crippen molar-refractivity contribution in [3.8, 4) is 0 Å². The molecule has 0 spiro atoms. The fraction of sp³-hybridized carbons (Fsp3) is 0.462. The summed E-state index contributed by atoms with van der Waals surface area (Å²) in [4.78, 5) is 11.8. The molecule has 1 aliphatic rings. The molecule has 1 unspecified atom stereocenters. The number of benzene rings is 1. The molecular formula is C13H14F3NO. The number of carbonyl (C=O) groups is 1. The predicted molar refractivity (Wildman–Crippen MR) is 60.9 cm³/mol. The van der Waals surface area contributed by atoms with Gasteiger partial charge in [0.1, 0.15) is 5.78 Å². The topological polar surface area (TPSA) is 20.3 Å². The molecule has 5 heteroatoms. The Balaban J connectivity index is 2.13. The molecule has 2 nitrogen and oxygen atoms in total. The minimum Gasteiger partial charge on any atom is -0.300 e. The number of nitrogens with zero attached hydrogens (tertiary/aromatic N) is 1. The molecule has 0 N–H and O–H groups in total. The summed E-state index contributed by atoms with van der Waals surface area (Å²) < 4.78 is 38.5. The Hall–Kier alpha value is -1.36. The average molecular weight is 257 g/mol. The second-order valence-corrected chi connectivity index (χ2v) is 4.50. The highest BCUT2D eigenvalue weighted by Crippen LogP contribution is 2.30. The maximum absolute atomic E-state index is 12.8. The van der Waals surface area contributed by atoms with E-state index >= 15 is 0 Å². The van der Waals surface area contributed by atoms with Gasteiger partial charge in [0.05, 0.1) is 0 Å². The van der Waals surface area contributed by atoms with Gasteiger partial charge in [0, 0.05) is 25.4 Å². The highest BCUT2D eigenvalue weighted by molar-refractivity contribution is 5.80. The zero-order valence-electron chi connectivity index (χ0n) is 9.78. The van der Waals surface area contributed by atoms with Crippen molar-refractivity contribution in [3.63, 3.8) is 0 Å². The lowest BCUT2D eigenvalue weighted by molar-refractivity contribution is -0.261. The quantitative estimate of drug-likeness (QED) is 0.759. The lowest BCUT2D eigenvalue weighted by atomic mass is 9.95. The number of Topliss-reactive ketones (excluding diaryl/α,β-unsaturated/α-hetero) is 1. The van der Waals surface area contributed by atoms with Gasteiger partial charge in [0.15, 0.2) is 0 Å². The molecule has 0 aliphatic carbocycles. The number of halogens is 3. The van der Waals surface area contributed by atoms with Crippen LogP contribution in [0.1, 0.15) is 18.4 Å². The first-order valence-corrected chi connectivity index (χ1v) is 5.86. The Bertz CT molecular complexity index is 416. The summed E-state index contributed by atoms with van der Waals surface area (Å²) in [6.45, 7) is -0.222.